The summed E-state index contributed by atoms with van der Waals surface area (Å²) in [5, 5.41) is 0. The van der Waals surface area contributed by atoms with Gasteiger partial charge < -0.3 is 10.5 Å². The zero-order chi connectivity index (χ0) is 12.8. The summed E-state index contributed by atoms with van der Waals surface area (Å²) in [5.74, 6) is 0. The number of hydrogen-bond donors (Lipinski definition) is 1. The lowest BCUT2D eigenvalue weighted by molar-refractivity contribution is -0.0211. The van der Waals surface area contributed by atoms with E-state index < -0.39 is 0 Å². The highest BCUT2D eigenvalue weighted by Gasteiger charge is 2.29. The third kappa shape index (κ3) is 5.87. The van der Waals surface area contributed by atoms with Crippen molar-refractivity contribution in [3.05, 3.63) is 0 Å². The van der Waals surface area contributed by atoms with Gasteiger partial charge in [-0.25, -0.2) is 0 Å². The second-order valence-electron chi connectivity index (χ2n) is 6.68. The summed E-state index contributed by atoms with van der Waals surface area (Å²) in [5.41, 5.74) is 6.40. The molecule has 0 aliphatic heterocycles. The summed E-state index contributed by atoms with van der Waals surface area (Å²) in [6.45, 7) is 8.07. The van der Waals surface area contributed by atoms with E-state index in [1.54, 1.807) is 0 Å². The predicted molar refractivity (Wildman–Crippen MR) is 74.1 cm³/mol. The summed E-state index contributed by atoms with van der Waals surface area (Å²) in [6.07, 6.45) is 10.6. The van der Waals surface area contributed by atoms with Gasteiger partial charge in [0.05, 0.1) is 5.60 Å². The van der Waals surface area contributed by atoms with Gasteiger partial charge in [-0.15, -0.1) is 0 Å². The van der Waals surface area contributed by atoms with E-state index in [0.29, 0.717) is 5.41 Å². The van der Waals surface area contributed by atoms with Crippen LogP contribution in [0.4, 0.5) is 0 Å². The minimum Gasteiger partial charge on any atom is -0.376 e. The molecular weight excluding hydrogens is 210 g/mol. The Hall–Kier alpha value is -0.0800. The Morgan fingerprint density at radius 2 is 1.53 bits per heavy atom. The molecule has 0 saturated heterocycles. The fraction of sp³-hybridized carbons (Fsp3) is 1.00. The molecule has 2 N–H and O–H groups in total. The minimum absolute atomic E-state index is 0.0165. The van der Waals surface area contributed by atoms with Gasteiger partial charge in [0.15, 0.2) is 0 Å². The molecule has 1 rings (SSSR count). The Labute approximate surface area is 107 Å². The first kappa shape index (κ1) is 15.0. The third-order valence-corrected chi connectivity index (χ3v) is 4.01. The molecule has 0 unspecified atom stereocenters. The summed E-state index contributed by atoms with van der Waals surface area (Å²) in [6, 6.07) is 0. The fourth-order valence-electron chi connectivity index (χ4n) is 2.79. The van der Waals surface area contributed by atoms with Gasteiger partial charge in [0, 0.05) is 6.61 Å². The van der Waals surface area contributed by atoms with Crippen LogP contribution in [0, 0.1) is 5.41 Å². The molecule has 0 amide bonds. The van der Waals surface area contributed by atoms with Crippen LogP contribution in [-0.2, 0) is 4.74 Å². The maximum absolute atomic E-state index is 6.05. The average Bonchev–Trinajstić information content (AvgIpc) is 2.20. The Morgan fingerprint density at radius 1 is 1.00 bits per heavy atom. The second-order valence-corrected chi connectivity index (χ2v) is 6.68. The van der Waals surface area contributed by atoms with Gasteiger partial charge in [-0.1, -0.05) is 32.1 Å². The average molecular weight is 241 g/mol. The monoisotopic (exact) mass is 241 g/mol. The summed E-state index contributed by atoms with van der Waals surface area (Å²) >= 11 is 0. The standard InChI is InChI=1S/C15H31NO/c1-14(2,3)17-12-11-15(13-16)9-7-5-4-6-8-10-15/h4-13,16H2,1-3H3. The summed E-state index contributed by atoms with van der Waals surface area (Å²) in [4.78, 5) is 0. The lowest BCUT2D eigenvalue weighted by Gasteiger charge is -2.35. The van der Waals surface area contributed by atoms with Crippen LogP contribution in [0.15, 0.2) is 0 Å². The molecule has 0 aromatic rings. The summed E-state index contributed by atoms with van der Waals surface area (Å²) in [7, 11) is 0. The molecule has 1 aliphatic rings. The lowest BCUT2D eigenvalue weighted by Crippen LogP contribution is -2.34. The Bertz CT molecular complexity index is 199. The summed E-state index contributed by atoms with van der Waals surface area (Å²) < 4.78 is 5.88. The van der Waals surface area contributed by atoms with Crippen LogP contribution in [0.1, 0.15) is 72.1 Å². The molecular formula is C15H31NO. The largest absolute Gasteiger partial charge is 0.376 e. The highest BCUT2D eigenvalue weighted by molar-refractivity contribution is 4.82. The van der Waals surface area contributed by atoms with Gasteiger partial charge in [0.1, 0.15) is 0 Å². The predicted octanol–water partition coefficient (Wildman–Crippen LogP) is 3.88. The first-order valence-corrected chi connectivity index (χ1v) is 7.32. The molecule has 102 valence electrons. The van der Waals surface area contributed by atoms with Crippen LogP contribution in [0.5, 0.6) is 0 Å². The molecule has 0 spiro atoms. The number of hydrogen-bond acceptors (Lipinski definition) is 2. The molecule has 0 bridgehead atoms. The van der Waals surface area contributed by atoms with E-state index in [1.165, 1.54) is 44.9 Å². The van der Waals surface area contributed by atoms with E-state index >= 15 is 0 Å². The molecule has 2 heteroatoms. The molecule has 1 saturated carbocycles. The van der Waals surface area contributed by atoms with Gasteiger partial charge in [-0.2, -0.15) is 0 Å². The molecule has 2 nitrogen and oxygen atoms in total. The minimum atomic E-state index is -0.0165. The van der Waals surface area contributed by atoms with Crippen molar-refractivity contribution < 1.29 is 4.74 Å². The zero-order valence-corrected chi connectivity index (χ0v) is 12.1. The SMILES string of the molecule is CC(C)(C)OCCC1(CN)CCCCCCC1. The van der Waals surface area contributed by atoms with Crippen LogP contribution in [0.25, 0.3) is 0 Å². The molecule has 0 aromatic heterocycles. The molecule has 1 fully saturated rings. The Balaban J connectivity index is 2.42. The van der Waals surface area contributed by atoms with Crippen LogP contribution in [0.2, 0.25) is 0 Å². The van der Waals surface area contributed by atoms with Gasteiger partial charge in [0.25, 0.3) is 0 Å². The molecule has 0 heterocycles. The molecule has 1 aliphatic carbocycles. The van der Waals surface area contributed by atoms with E-state index in [0.717, 1.165) is 19.6 Å². The first-order chi connectivity index (χ1) is 7.97. The molecule has 17 heavy (non-hydrogen) atoms. The number of nitrogens with two attached hydrogens (primary N) is 1. The number of rotatable bonds is 4. The van der Waals surface area contributed by atoms with Crippen LogP contribution < -0.4 is 5.73 Å². The van der Waals surface area contributed by atoms with Crippen LogP contribution >= 0.6 is 0 Å². The normalized spacial score (nSPS) is 21.9. The maximum Gasteiger partial charge on any atom is 0.0598 e. The molecule has 0 aromatic carbocycles. The van der Waals surface area contributed by atoms with Gasteiger partial charge in [0.2, 0.25) is 0 Å². The smallest absolute Gasteiger partial charge is 0.0598 e. The van der Waals surface area contributed by atoms with Crippen molar-refractivity contribution >= 4 is 0 Å². The number of ether oxygens (including phenoxy) is 1. The van der Waals surface area contributed by atoms with Gasteiger partial charge in [-0.3, -0.25) is 0 Å². The van der Waals surface area contributed by atoms with Crippen molar-refractivity contribution in [2.45, 2.75) is 77.7 Å². The van der Waals surface area contributed by atoms with Crippen molar-refractivity contribution in [3.63, 3.8) is 0 Å². The lowest BCUT2D eigenvalue weighted by atomic mass is 9.74. The Morgan fingerprint density at radius 3 is 2.00 bits per heavy atom. The molecule has 0 atom stereocenters. The highest BCUT2D eigenvalue weighted by atomic mass is 16.5. The zero-order valence-electron chi connectivity index (χ0n) is 12.1. The van der Waals surface area contributed by atoms with Crippen molar-refractivity contribution in [1.29, 1.82) is 0 Å². The second kappa shape index (κ2) is 6.75. The maximum atomic E-state index is 6.05. The third-order valence-electron chi connectivity index (χ3n) is 4.01. The van der Waals surface area contributed by atoms with Gasteiger partial charge >= 0.3 is 0 Å². The van der Waals surface area contributed by atoms with Crippen molar-refractivity contribution in [2.75, 3.05) is 13.2 Å². The van der Waals surface area contributed by atoms with E-state index in [1.807, 2.05) is 0 Å². The topological polar surface area (TPSA) is 35.2 Å². The first-order valence-electron chi connectivity index (χ1n) is 7.32. The quantitative estimate of drug-likeness (QED) is 0.810. The van der Waals surface area contributed by atoms with E-state index in [2.05, 4.69) is 20.8 Å². The molecule has 0 radical (unpaired) electrons. The highest BCUT2D eigenvalue weighted by Crippen LogP contribution is 2.36. The van der Waals surface area contributed by atoms with Crippen LogP contribution in [-0.4, -0.2) is 18.8 Å². The van der Waals surface area contributed by atoms with Crippen molar-refractivity contribution in [2.24, 2.45) is 11.1 Å². The van der Waals surface area contributed by atoms with Crippen molar-refractivity contribution in [3.8, 4) is 0 Å². The fourth-order valence-corrected chi connectivity index (χ4v) is 2.79. The van der Waals surface area contributed by atoms with Crippen LogP contribution in [0.3, 0.4) is 0 Å². The van der Waals surface area contributed by atoms with E-state index in [4.69, 9.17) is 10.5 Å². The van der Waals surface area contributed by atoms with Crippen molar-refractivity contribution in [1.82, 2.24) is 0 Å². The van der Waals surface area contributed by atoms with Gasteiger partial charge in [-0.05, 0) is 52.0 Å². The van der Waals surface area contributed by atoms with E-state index in [-0.39, 0.29) is 5.60 Å². The Kier molecular flexibility index (Phi) is 5.94. The van der Waals surface area contributed by atoms with E-state index in [9.17, 15) is 0 Å².